The van der Waals surface area contributed by atoms with E-state index in [-0.39, 0.29) is 11.3 Å². The van der Waals surface area contributed by atoms with Gasteiger partial charge in [0.25, 0.3) is 0 Å². The largest absolute Gasteiger partial charge is 0.325 e. The average molecular weight is 421 g/mol. The highest BCUT2D eigenvalue weighted by atomic mass is 35.5. The number of anilines is 1. The van der Waals surface area contributed by atoms with E-state index in [4.69, 9.17) is 16.6 Å². The van der Waals surface area contributed by atoms with Gasteiger partial charge in [0, 0.05) is 47.7 Å². The Hall–Kier alpha value is -1.47. The van der Waals surface area contributed by atoms with Crippen molar-refractivity contribution in [3.05, 3.63) is 44.9 Å². The van der Waals surface area contributed by atoms with E-state index >= 15 is 0 Å². The third-order valence-electron chi connectivity index (χ3n) is 4.97. The van der Waals surface area contributed by atoms with Crippen LogP contribution < -0.4 is 5.32 Å². The van der Waals surface area contributed by atoms with Crippen LogP contribution >= 0.6 is 22.9 Å². The summed E-state index contributed by atoms with van der Waals surface area (Å²) in [6.07, 6.45) is 0. The molecule has 0 saturated carbocycles. The third kappa shape index (κ3) is 5.77. The van der Waals surface area contributed by atoms with Crippen LogP contribution in [-0.2, 0) is 16.8 Å². The van der Waals surface area contributed by atoms with Gasteiger partial charge in [-0.3, -0.25) is 14.6 Å². The first kappa shape index (κ1) is 21.2. The van der Waals surface area contributed by atoms with E-state index in [2.05, 4.69) is 41.3 Å². The Morgan fingerprint density at radius 2 is 1.89 bits per heavy atom. The zero-order valence-corrected chi connectivity index (χ0v) is 18.7. The maximum Gasteiger partial charge on any atom is 0.238 e. The fourth-order valence-corrected chi connectivity index (χ4v) is 4.34. The van der Waals surface area contributed by atoms with Crippen LogP contribution in [0.25, 0.3) is 0 Å². The molecule has 0 aliphatic carbocycles. The highest BCUT2D eigenvalue weighted by Gasteiger charge is 2.22. The van der Waals surface area contributed by atoms with Gasteiger partial charge in [0.05, 0.1) is 18.8 Å². The van der Waals surface area contributed by atoms with Crippen LogP contribution in [0.4, 0.5) is 5.69 Å². The lowest BCUT2D eigenvalue weighted by atomic mass is 9.93. The Balaban J connectivity index is 1.44. The lowest BCUT2D eigenvalue weighted by Gasteiger charge is -2.33. The summed E-state index contributed by atoms with van der Waals surface area (Å²) in [6.45, 7) is 13.5. The first-order chi connectivity index (χ1) is 13.2. The average Bonchev–Trinajstić information content (AvgIpc) is 3.09. The molecule has 1 amide bonds. The second-order valence-corrected chi connectivity index (χ2v) is 9.79. The number of hydrogen-bond acceptors (Lipinski definition) is 5. The number of carbonyl (C=O) groups excluding carboxylic acids is 1. The number of nitrogens with zero attached hydrogens (tertiary/aromatic N) is 3. The zero-order chi connectivity index (χ0) is 20.3. The molecule has 1 aliphatic rings. The molecule has 0 bridgehead atoms. The van der Waals surface area contributed by atoms with Gasteiger partial charge in [-0.15, -0.1) is 11.3 Å². The highest BCUT2D eigenvalue weighted by Crippen LogP contribution is 2.25. The summed E-state index contributed by atoms with van der Waals surface area (Å²) in [5, 5.41) is 6.96. The molecule has 0 unspecified atom stereocenters. The number of hydrogen-bond donors (Lipinski definition) is 1. The number of rotatable bonds is 5. The molecule has 1 fully saturated rings. The van der Waals surface area contributed by atoms with Crippen molar-refractivity contribution in [1.82, 2.24) is 14.8 Å². The zero-order valence-electron chi connectivity index (χ0n) is 17.1. The van der Waals surface area contributed by atoms with Crippen molar-refractivity contribution in [3.63, 3.8) is 0 Å². The monoisotopic (exact) mass is 420 g/mol. The van der Waals surface area contributed by atoms with Gasteiger partial charge in [-0.05, 0) is 24.6 Å². The Labute approximate surface area is 176 Å². The van der Waals surface area contributed by atoms with Gasteiger partial charge in [0.15, 0.2) is 0 Å². The van der Waals surface area contributed by atoms with E-state index < -0.39 is 0 Å². The molecule has 0 spiro atoms. The van der Waals surface area contributed by atoms with Crippen molar-refractivity contribution >= 4 is 34.5 Å². The SMILES string of the molecule is Cc1ccc(NC(=O)CN2CCN(Cc3nc(C(C)(C)C)cs3)CC2)cc1Cl. The Kier molecular flexibility index (Phi) is 6.76. The van der Waals surface area contributed by atoms with Crippen LogP contribution in [0.1, 0.15) is 37.0 Å². The predicted molar refractivity (Wildman–Crippen MR) is 117 cm³/mol. The van der Waals surface area contributed by atoms with Crippen LogP contribution in [-0.4, -0.2) is 53.4 Å². The molecule has 1 aromatic heterocycles. The number of carbonyl (C=O) groups is 1. The molecule has 1 saturated heterocycles. The molecule has 7 heteroatoms. The van der Waals surface area contributed by atoms with E-state index in [0.29, 0.717) is 11.6 Å². The summed E-state index contributed by atoms with van der Waals surface area (Å²) in [5.74, 6) is 0.00288. The molecule has 0 atom stereocenters. The number of thiazole rings is 1. The summed E-state index contributed by atoms with van der Waals surface area (Å²) in [5.41, 5.74) is 3.02. The van der Waals surface area contributed by atoms with Gasteiger partial charge in [-0.2, -0.15) is 0 Å². The molecule has 1 aromatic carbocycles. The van der Waals surface area contributed by atoms with Gasteiger partial charge in [0.2, 0.25) is 5.91 Å². The fourth-order valence-electron chi connectivity index (χ4n) is 3.10. The summed E-state index contributed by atoms with van der Waals surface area (Å²) in [4.78, 5) is 21.7. The second kappa shape index (κ2) is 8.91. The van der Waals surface area contributed by atoms with Crippen molar-refractivity contribution in [2.45, 2.75) is 39.7 Å². The van der Waals surface area contributed by atoms with Gasteiger partial charge in [-0.25, -0.2) is 4.98 Å². The van der Waals surface area contributed by atoms with E-state index in [1.54, 1.807) is 17.4 Å². The highest BCUT2D eigenvalue weighted by molar-refractivity contribution is 7.09. The van der Waals surface area contributed by atoms with Crippen LogP contribution in [0.15, 0.2) is 23.6 Å². The van der Waals surface area contributed by atoms with Crippen molar-refractivity contribution in [2.75, 3.05) is 38.0 Å². The summed E-state index contributed by atoms with van der Waals surface area (Å²) >= 11 is 7.87. The third-order valence-corrected chi connectivity index (χ3v) is 6.21. The van der Waals surface area contributed by atoms with Gasteiger partial charge in [-0.1, -0.05) is 38.4 Å². The first-order valence-electron chi connectivity index (χ1n) is 9.66. The summed E-state index contributed by atoms with van der Waals surface area (Å²) < 4.78 is 0. The minimum atomic E-state index is 0.00288. The molecule has 1 aliphatic heterocycles. The number of amides is 1. The number of halogens is 1. The van der Waals surface area contributed by atoms with E-state index in [1.807, 2.05) is 19.1 Å². The Morgan fingerprint density at radius 1 is 1.21 bits per heavy atom. The summed E-state index contributed by atoms with van der Waals surface area (Å²) in [7, 11) is 0. The first-order valence-corrected chi connectivity index (χ1v) is 10.9. The maximum absolute atomic E-state index is 12.3. The van der Waals surface area contributed by atoms with Crippen LogP contribution in [0, 0.1) is 6.92 Å². The molecule has 3 rings (SSSR count). The molecule has 152 valence electrons. The van der Waals surface area contributed by atoms with Crippen molar-refractivity contribution in [2.24, 2.45) is 0 Å². The van der Waals surface area contributed by atoms with Gasteiger partial charge in [0.1, 0.15) is 5.01 Å². The minimum absolute atomic E-state index is 0.00288. The lowest BCUT2D eigenvalue weighted by Crippen LogP contribution is -2.48. The number of aromatic nitrogens is 1. The summed E-state index contributed by atoms with van der Waals surface area (Å²) in [6, 6.07) is 5.60. The smallest absolute Gasteiger partial charge is 0.238 e. The molecule has 2 heterocycles. The van der Waals surface area contributed by atoms with Crippen LogP contribution in [0.2, 0.25) is 5.02 Å². The second-order valence-electron chi connectivity index (χ2n) is 8.44. The molecule has 2 aromatic rings. The number of nitrogens with one attached hydrogen (secondary N) is 1. The molecular weight excluding hydrogens is 392 g/mol. The number of benzene rings is 1. The molecule has 0 radical (unpaired) electrons. The maximum atomic E-state index is 12.3. The molecular formula is C21H29ClN4OS. The van der Waals surface area contributed by atoms with Crippen molar-refractivity contribution in [1.29, 1.82) is 0 Å². The minimum Gasteiger partial charge on any atom is -0.325 e. The lowest BCUT2D eigenvalue weighted by molar-refractivity contribution is -0.117. The normalized spacial score (nSPS) is 16.3. The van der Waals surface area contributed by atoms with Gasteiger partial charge < -0.3 is 5.32 Å². The van der Waals surface area contributed by atoms with E-state index in [0.717, 1.165) is 44.0 Å². The van der Waals surface area contributed by atoms with Gasteiger partial charge >= 0.3 is 0 Å². The Bertz CT molecular complexity index is 822. The quantitative estimate of drug-likeness (QED) is 0.789. The predicted octanol–water partition coefficient (Wildman–Crippen LogP) is 4.16. The fraction of sp³-hybridized carbons (Fsp3) is 0.524. The number of piperazine rings is 1. The Morgan fingerprint density at radius 3 is 2.50 bits per heavy atom. The topological polar surface area (TPSA) is 48.5 Å². The molecule has 28 heavy (non-hydrogen) atoms. The van der Waals surface area contributed by atoms with Crippen LogP contribution in [0.3, 0.4) is 0 Å². The van der Waals surface area contributed by atoms with E-state index in [1.165, 1.54) is 10.7 Å². The number of aryl methyl sites for hydroxylation is 1. The van der Waals surface area contributed by atoms with Crippen LogP contribution in [0.5, 0.6) is 0 Å². The van der Waals surface area contributed by atoms with E-state index in [9.17, 15) is 4.79 Å². The van der Waals surface area contributed by atoms with Crippen molar-refractivity contribution < 1.29 is 4.79 Å². The van der Waals surface area contributed by atoms with Crippen molar-refractivity contribution in [3.8, 4) is 0 Å². The molecule has 1 N–H and O–H groups in total. The molecule has 5 nitrogen and oxygen atoms in total. The standard InChI is InChI=1S/C21H29ClN4OS/c1-15-5-6-16(11-17(15)22)23-19(27)12-25-7-9-26(10-8-25)13-20-24-18(14-28-20)21(2,3)4/h5-6,11,14H,7-10,12-13H2,1-4H3,(H,23,27).